The molecule has 0 bridgehead atoms. The van der Waals surface area contributed by atoms with Crippen LogP contribution in [0.1, 0.15) is 23.4 Å². The Bertz CT molecular complexity index is 635. The van der Waals surface area contributed by atoms with Crippen LogP contribution in [0.4, 0.5) is 11.4 Å². The Balaban J connectivity index is 1.94. The van der Waals surface area contributed by atoms with Crippen LogP contribution in [0.5, 0.6) is 0 Å². The number of hydrogen-bond donors (Lipinski definition) is 1. The normalized spacial score (nSPS) is 10.6. The molecule has 1 aromatic heterocycles. The molecule has 112 valence electrons. The molecule has 0 saturated heterocycles. The van der Waals surface area contributed by atoms with Gasteiger partial charge in [0.05, 0.1) is 10.6 Å². The third kappa shape index (κ3) is 3.93. The van der Waals surface area contributed by atoms with Gasteiger partial charge in [0.25, 0.3) is 5.69 Å². The Labute approximate surface area is 136 Å². The summed E-state index contributed by atoms with van der Waals surface area (Å²) in [5, 5.41) is 18.1. The molecule has 6 nitrogen and oxygen atoms in total. The number of nitrogens with one attached hydrogen (secondary N) is 1. The van der Waals surface area contributed by atoms with Gasteiger partial charge in [0.1, 0.15) is 11.4 Å². The summed E-state index contributed by atoms with van der Waals surface area (Å²) >= 11 is 2.07. The molecule has 2 rings (SSSR count). The van der Waals surface area contributed by atoms with E-state index in [1.807, 2.05) is 19.9 Å². The van der Waals surface area contributed by atoms with E-state index in [0.717, 1.165) is 33.4 Å². The van der Waals surface area contributed by atoms with E-state index in [1.54, 1.807) is 12.1 Å². The zero-order valence-electron chi connectivity index (χ0n) is 11.9. The summed E-state index contributed by atoms with van der Waals surface area (Å²) in [6.07, 6.45) is 1.69. The molecule has 21 heavy (non-hydrogen) atoms. The molecule has 0 amide bonds. The number of rotatable bonds is 6. The van der Waals surface area contributed by atoms with Crippen LogP contribution in [0.25, 0.3) is 0 Å². The molecule has 0 unspecified atom stereocenters. The van der Waals surface area contributed by atoms with Gasteiger partial charge in [0.15, 0.2) is 0 Å². The minimum Gasteiger partial charge on any atom is -0.379 e. The van der Waals surface area contributed by atoms with Gasteiger partial charge in [0, 0.05) is 21.7 Å². The van der Waals surface area contributed by atoms with E-state index in [2.05, 4.69) is 33.1 Å². The summed E-state index contributed by atoms with van der Waals surface area (Å²) in [6.45, 7) is 4.47. The van der Waals surface area contributed by atoms with Crippen molar-refractivity contribution in [2.75, 3.05) is 11.9 Å². The fourth-order valence-corrected chi connectivity index (χ4v) is 2.63. The van der Waals surface area contributed by atoms with Crippen LogP contribution in [0.15, 0.2) is 22.7 Å². The van der Waals surface area contributed by atoms with Gasteiger partial charge in [-0.25, -0.2) is 0 Å². The summed E-state index contributed by atoms with van der Waals surface area (Å²) in [5.41, 5.74) is 2.69. The Morgan fingerprint density at radius 1 is 1.43 bits per heavy atom. The molecule has 1 heterocycles. The predicted octanol–water partition coefficient (Wildman–Crippen LogP) is 3.85. The van der Waals surface area contributed by atoms with Crippen molar-refractivity contribution in [1.82, 2.24) is 5.16 Å². The number of hydrogen-bond acceptors (Lipinski definition) is 5. The van der Waals surface area contributed by atoms with Gasteiger partial charge >= 0.3 is 0 Å². The minimum atomic E-state index is -0.362. The number of aromatic nitrogens is 1. The Hall–Kier alpha value is -1.64. The zero-order valence-corrected chi connectivity index (χ0v) is 14.0. The van der Waals surface area contributed by atoms with Crippen molar-refractivity contribution in [3.63, 3.8) is 0 Å². The van der Waals surface area contributed by atoms with E-state index in [9.17, 15) is 10.1 Å². The average Bonchev–Trinajstić information content (AvgIpc) is 2.75. The second-order valence-corrected chi connectivity index (χ2v) is 6.00. The van der Waals surface area contributed by atoms with Crippen LogP contribution >= 0.6 is 22.6 Å². The van der Waals surface area contributed by atoms with Crippen molar-refractivity contribution in [3.05, 3.63) is 48.9 Å². The number of nitrogens with zero attached hydrogens (tertiary/aromatic N) is 2. The molecule has 1 aromatic carbocycles. The third-order valence-electron chi connectivity index (χ3n) is 3.26. The summed E-state index contributed by atoms with van der Waals surface area (Å²) in [5.74, 6) is 0.841. The smallest absolute Gasteiger partial charge is 0.293 e. The van der Waals surface area contributed by atoms with Crippen molar-refractivity contribution >= 4 is 34.0 Å². The van der Waals surface area contributed by atoms with Crippen LogP contribution in [-0.4, -0.2) is 16.6 Å². The Morgan fingerprint density at radius 2 is 2.19 bits per heavy atom. The topological polar surface area (TPSA) is 81.2 Å². The third-order valence-corrected chi connectivity index (χ3v) is 3.93. The second kappa shape index (κ2) is 6.88. The quantitative estimate of drug-likeness (QED) is 0.344. The van der Waals surface area contributed by atoms with Crippen LogP contribution in [0.3, 0.4) is 0 Å². The highest BCUT2D eigenvalue weighted by molar-refractivity contribution is 14.1. The molecular formula is C14H16IN3O3. The lowest BCUT2D eigenvalue weighted by molar-refractivity contribution is -0.384. The molecule has 0 saturated carbocycles. The molecular weight excluding hydrogens is 385 g/mol. The van der Waals surface area contributed by atoms with E-state index >= 15 is 0 Å². The maximum absolute atomic E-state index is 11.0. The largest absolute Gasteiger partial charge is 0.379 e. The summed E-state index contributed by atoms with van der Waals surface area (Å²) in [7, 11) is 0. The van der Waals surface area contributed by atoms with Crippen molar-refractivity contribution in [1.29, 1.82) is 0 Å². The van der Waals surface area contributed by atoms with E-state index in [-0.39, 0.29) is 10.6 Å². The summed E-state index contributed by atoms with van der Waals surface area (Å²) in [4.78, 5) is 10.7. The first kappa shape index (κ1) is 15.7. The molecule has 0 fully saturated rings. The predicted molar refractivity (Wildman–Crippen MR) is 88.6 cm³/mol. The van der Waals surface area contributed by atoms with Gasteiger partial charge < -0.3 is 9.84 Å². The molecule has 0 aliphatic heterocycles. The molecule has 0 radical (unpaired) electrons. The highest BCUT2D eigenvalue weighted by Gasteiger charge is 2.14. The molecule has 0 atom stereocenters. The van der Waals surface area contributed by atoms with Crippen LogP contribution in [-0.2, 0) is 6.42 Å². The first-order chi connectivity index (χ1) is 9.99. The maximum atomic E-state index is 11.0. The number of aryl methyl sites for hydroxylation is 2. The van der Waals surface area contributed by atoms with E-state index in [4.69, 9.17) is 4.52 Å². The maximum Gasteiger partial charge on any atom is 0.293 e. The first-order valence-electron chi connectivity index (χ1n) is 6.58. The lowest BCUT2D eigenvalue weighted by atomic mass is 10.1. The number of nitro groups is 1. The van der Waals surface area contributed by atoms with Crippen LogP contribution in [0, 0.1) is 27.5 Å². The molecule has 0 spiro atoms. The second-order valence-electron chi connectivity index (χ2n) is 4.75. The molecule has 0 aliphatic carbocycles. The monoisotopic (exact) mass is 401 g/mol. The van der Waals surface area contributed by atoms with Crippen molar-refractivity contribution in [3.8, 4) is 0 Å². The van der Waals surface area contributed by atoms with Gasteiger partial charge in [-0.2, -0.15) is 0 Å². The highest BCUT2D eigenvalue weighted by Crippen LogP contribution is 2.26. The fourth-order valence-electron chi connectivity index (χ4n) is 2.15. The lowest BCUT2D eigenvalue weighted by Crippen LogP contribution is -2.06. The molecule has 2 aromatic rings. The summed E-state index contributed by atoms with van der Waals surface area (Å²) in [6, 6.07) is 5.16. The fraction of sp³-hybridized carbons (Fsp3) is 0.357. The lowest BCUT2D eigenvalue weighted by Gasteiger charge is -2.07. The van der Waals surface area contributed by atoms with Gasteiger partial charge in [-0.1, -0.05) is 5.16 Å². The van der Waals surface area contributed by atoms with Gasteiger partial charge in [-0.05, 0) is 61.4 Å². The van der Waals surface area contributed by atoms with Crippen LogP contribution in [0.2, 0.25) is 0 Å². The van der Waals surface area contributed by atoms with Crippen molar-refractivity contribution in [2.24, 2.45) is 0 Å². The molecule has 7 heteroatoms. The van der Waals surface area contributed by atoms with Crippen LogP contribution < -0.4 is 5.32 Å². The standard InChI is InChI=1S/C14H16IN3O3/c1-9-12(10(2)21-17-9)4-3-7-16-13-6-5-11(15)8-14(13)18(19)20/h5-6,8,16H,3-4,7H2,1-2H3. The SMILES string of the molecule is Cc1noc(C)c1CCCNc1ccc(I)cc1[N+](=O)[O-]. The van der Waals surface area contributed by atoms with Crippen molar-refractivity contribution < 1.29 is 9.45 Å². The zero-order chi connectivity index (χ0) is 15.4. The average molecular weight is 401 g/mol. The van der Waals surface area contributed by atoms with E-state index in [1.165, 1.54) is 0 Å². The number of halogens is 1. The Kier molecular flexibility index (Phi) is 5.16. The highest BCUT2D eigenvalue weighted by atomic mass is 127. The van der Waals surface area contributed by atoms with Crippen molar-refractivity contribution in [2.45, 2.75) is 26.7 Å². The van der Waals surface area contributed by atoms with Gasteiger partial charge in [0.2, 0.25) is 0 Å². The minimum absolute atomic E-state index is 0.110. The van der Waals surface area contributed by atoms with Gasteiger partial charge in [-0.15, -0.1) is 0 Å². The Morgan fingerprint density at radius 3 is 2.81 bits per heavy atom. The number of benzene rings is 1. The van der Waals surface area contributed by atoms with E-state index in [0.29, 0.717) is 12.2 Å². The number of nitro benzene ring substituents is 1. The molecule has 0 aliphatic rings. The summed E-state index contributed by atoms with van der Waals surface area (Å²) < 4.78 is 5.96. The van der Waals surface area contributed by atoms with E-state index < -0.39 is 0 Å². The number of anilines is 1. The van der Waals surface area contributed by atoms with Gasteiger partial charge in [-0.3, -0.25) is 10.1 Å². The molecule has 1 N–H and O–H groups in total. The first-order valence-corrected chi connectivity index (χ1v) is 7.66.